The fourth-order valence-corrected chi connectivity index (χ4v) is 2.79. The van der Waals surface area contributed by atoms with Gasteiger partial charge in [0.1, 0.15) is 5.75 Å². The SMILES string of the molecule is CCNC(=NCc1cccc(OCC(N)=O)c1)NCC(CCO)CC(C)C. The van der Waals surface area contributed by atoms with Crippen molar-refractivity contribution in [2.24, 2.45) is 22.6 Å². The number of nitrogens with one attached hydrogen (secondary N) is 2. The molecule has 1 aromatic carbocycles. The van der Waals surface area contributed by atoms with Gasteiger partial charge in [0.25, 0.3) is 5.91 Å². The van der Waals surface area contributed by atoms with Gasteiger partial charge in [0, 0.05) is 19.7 Å². The molecule has 152 valence electrons. The lowest BCUT2D eigenvalue weighted by atomic mass is 9.94. The van der Waals surface area contributed by atoms with Crippen molar-refractivity contribution in [3.05, 3.63) is 29.8 Å². The van der Waals surface area contributed by atoms with Crippen LogP contribution in [0.2, 0.25) is 0 Å². The van der Waals surface area contributed by atoms with Gasteiger partial charge in [-0.1, -0.05) is 26.0 Å². The number of rotatable bonds is 12. The number of guanidine groups is 1. The molecule has 0 spiro atoms. The molecule has 0 fully saturated rings. The molecule has 0 saturated heterocycles. The van der Waals surface area contributed by atoms with E-state index in [0.29, 0.717) is 24.1 Å². The molecule has 0 saturated carbocycles. The number of primary amides is 1. The maximum Gasteiger partial charge on any atom is 0.255 e. The van der Waals surface area contributed by atoms with Gasteiger partial charge >= 0.3 is 0 Å². The molecule has 1 aromatic rings. The minimum atomic E-state index is -0.504. The smallest absolute Gasteiger partial charge is 0.255 e. The van der Waals surface area contributed by atoms with Gasteiger partial charge in [-0.05, 0) is 49.3 Å². The van der Waals surface area contributed by atoms with E-state index in [1.807, 2.05) is 25.1 Å². The summed E-state index contributed by atoms with van der Waals surface area (Å²) in [4.78, 5) is 15.4. The van der Waals surface area contributed by atoms with Crippen LogP contribution in [0, 0.1) is 11.8 Å². The maximum atomic E-state index is 10.8. The summed E-state index contributed by atoms with van der Waals surface area (Å²) in [5, 5.41) is 15.9. The van der Waals surface area contributed by atoms with Gasteiger partial charge in [-0.3, -0.25) is 4.79 Å². The molecule has 0 radical (unpaired) electrons. The largest absolute Gasteiger partial charge is 0.484 e. The molecular weight excluding hydrogens is 344 g/mol. The number of hydrogen-bond acceptors (Lipinski definition) is 4. The van der Waals surface area contributed by atoms with Gasteiger partial charge in [-0.25, -0.2) is 4.99 Å². The van der Waals surface area contributed by atoms with Crippen molar-refractivity contribution >= 4 is 11.9 Å². The van der Waals surface area contributed by atoms with Crippen LogP contribution in [0.4, 0.5) is 0 Å². The molecule has 27 heavy (non-hydrogen) atoms. The van der Waals surface area contributed by atoms with Crippen LogP contribution in [-0.2, 0) is 11.3 Å². The van der Waals surface area contributed by atoms with Crippen molar-refractivity contribution in [2.75, 3.05) is 26.3 Å². The zero-order valence-corrected chi connectivity index (χ0v) is 16.7. The lowest BCUT2D eigenvalue weighted by molar-refractivity contribution is -0.119. The summed E-state index contributed by atoms with van der Waals surface area (Å²) in [7, 11) is 0. The van der Waals surface area contributed by atoms with Crippen molar-refractivity contribution < 1.29 is 14.6 Å². The molecule has 0 bridgehead atoms. The van der Waals surface area contributed by atoms with Crippen molar-refractivity contribution in [3.8, 4) is 5.75 Å². The topological polar surface area (TPSA) is 109 Å². The predicted octanol–water partition coefficient (Wildman–Crippen LogP) is 1.65. The Morgan fingerprint density at radius 2 is 2.11 bits per heavy atom. The van der Waals surface area contributed by atoms with Crippen LogP contribution >= 0.6 is 0 Å². The summed E-state index contributed by atoms with van der Waals surface area (Å²) >= 11 is 0. The van der Waals surface area contributed by atoms with Crippen molar-refractivity contribution in [3.63, 3.8) is 0 Å². The first-order valence-electron chi connectivity index (χ1n) is 9.57. The molecule has 0 aromatic heterocycles. The highest BCUT2D eigenvalue weighted by atomic mass is 16.5. The highest BCUT2D eigenvalue weighted by Crippen LogP contribution is 2.15. The third-order valence-electron chi connectivity index (χ3n) is 3.94. The zero-order valence-electron chi connectivity index (χ0n) is 16.7. The average molecular weight is 379 g/mol. The van der Waals surface area contributed by atoms with Crippen molar-refractivity contribution in [2.45, 2.75) is 40.2 Å². The summed E-state index contributed by atoms with van der Waals surface area (Å²) in [5.41, 5.74) is 6.08. The third kappa shape index (κ3) is 10.5. The fraction of sp³-hybridized carbons (Fsp3) is 0.600. The van der Waals surface area contributed by atoms with E-state index in [4.69, 9.17) is 10.5 Å². The molecule has 5 N–H and O–H groups in total. The van der Waals surface area contributed by atoms with Crippen LogP contribution in [0.15, 0.2) is 29.3 Å². The molecule has 1 amide bonds. The number of aliphatic hydroxyl groups is 1. The molecular formula is C20H34N4O3. The summed E-state index contributed by atoms with van der Waals surface area (Å²) < 4.78 is 5.33. The first-order valence-corrected chi connectivity index (χ1v) is 9.57. The highest BCUT2D eigenvalue weighted by molar-refractivity contribution is 5.79. The predicted molar refractivity (Wildman–Crippen MR) is 109 cm³/mol. The van der Waals surface area contributed by atoms with Gasteiger partial charge in [0.2, 0.25) is 0 Å². The van der Waals surface area contributed by atoms with Crippen LogP contribution < -0.4 is 21.1 Å². The number of hydrogen-bond donors (Lipinski definition) is 4. The first kappa shape index (κ1) is 22.8. The summed E-state index contributed by atoms with van der Waals surface area (Å²) in [6.45, 7) is 8.49. The van der Waals surface area contributed by atoms with E-state index >= 15 is 0 Å². The van der Waals surface area contributed by atoms with E-state index in [1.54, 1.807) is 6.07 Å². The van der Waals surface area contributed by atoms with E-state index in [-0.39, 0.29) is 13.2 Å². The summed E-state index contributed by atoms with van der Waals surface area (Å²) in [6.07, 6.45) is 1.84. The Morgan fingerprint density at radius 1 is 1.33 bits per heavy atom. The number of carbonyl (C=O) groups excluding carboxylic acids is 1. The highest BCUT2D eigenvalue weighted by Gasteiger charge is 2.11. The quantitative estimate of drug-likeness (QED) is 0.327. The number of aliphatic imine (C=N–C) groups is 1. The Hall–Kier alpha value is -2.28. The van der Waals surface area contributed by atoms with E-state index in [9.17, 15) is 9.90 Å². The Balaban J connectivity index is 2.66. The van der Waals surface area contributed by atoms with Crippen LogP contribution in [-0.4, -0.2) is 43.3 Å². The van der Waals surface area contributed by atoms with E-state index < -0.39 is 5.91 Å². The van der Waals surface area contributed by atoms with Gasteiger partial charge in [-0.2, -0.15) is 0 Å². The monoisotopic (exact) mass is 378 g/mol. The number of benzene rings is 1. The van der Waals surface area contributed by atoms with E-state index in [0.717, 1.165) is 37.5 Å². The van der Waals surface area contributed by atoms with Crippen LogP contribution in [0.25, 0.3) is 0 Å². The molecule has 1 unspecified atom stereocenters. The Bertz CT molecular complexity index is 590. The standard InChI is InChI=1S/C20H34N4O3/c1-4-22-20(24-13-17(8-9-25)10-15(2)3)23-12-16-6-5-7-18(11-16)27-14-19(21)26/h5-7,11,15,17,25H,4,8-10,12-14H2,1-3H3,(H2,21,26)(H2,22,23,24). The van der Waals surface area contributed by atoms with Crippen molar-refractivity contribution in [1.29, 1.82) is 0 Å². The maximum absolute atomic E-state index is 10.8. The Kier molecular flexibility index (Phi) is 10.9. The number of nitrogens with two attached hydrogens (primary N) is 1. The van der Waals surface area contributed by atoms with E-state index in [2.05, 4.69) is 29.5 Å². The number of ether oxygens (including phenoxy) is 1. The third-order valence-corrected chi connectivity index (χ3v) is 3.94. The van der Waals surface area contributed by atoms with Gasteiger partial charge in [0.15, 0.2) is 12.6 Å². The van der Waals surface area contributed by atoms with Crippen LogP contribution in [0.5, 0.6) is 5.75 Å². The molecule has 1 rings (SSSR count). The molecule has 0 heterocycles. The minimum absolute atomic E-state index is 0.140. The normalized spacial score (nSPS) is 12.7. The number of aliphatic hydroxyl groups excluding tert-OH is 1. The zero-order chi connectivity index (χ0) is 20.1. The fourth-order valence-electron chi connectivity index (χ4n) is 2.79. The first-order chi connectivity index (χ1) is 12.9. The van der Waals surface area contributed by atoms with E-state index in [1.165, 1.54) is 0 Å². The van der Waals surface area contributed by atoms with Crippen molar-refractivity contribution in [1.82, 2.24) is 10.6 Å². The second-order valence-corrected chi connectivity index (χ2v) is 6.99. The average Bonchev–Trinajstić information content (AvgIpc) is 2.62. The second-order valence-electron chi connectivity index (χ2n) is 6.99. The second kappa shape index (κ2) is 13.0. The lowest BCUT2D eigenvalue weighted by Gasteiger charge is -2.20. The molecule has 7 heteroatoms. The van der Waals surface area contributed by atoms with Crippen LogP contribution in [0.3, 0.4) is 0 Å². The van der Waals surface area contributed by atoms with Crippen LogP contribution in [0.1, 0.15) is 39.2 Å². The minimum Gasteiger partial charge on any atom is -0.484 e. The Labute approximate surface area is 162 Å². The van der Waals surface area contributed by atoms with Gasteiger partial charge in [-0.15, -0.1) is 0 Å². The summed E-state index contributed by atoms with van der Waals surface area (Å²) in [6, 6.07) is 7.45. The van der Waals surface area contributed by atoms with Gasteiger partial charge < -0.3 is 26.2 Å². The summed E-state index contributed by atoms with van der Waals surface area (Å²) in [5.74, 6) is 1.83. The number of amides is 1. The molecule has 7 nitrogen and oxygen atoms in total. The molecule has 1 atom stereocenters. The van der Waals surface area contributed by atoms with Gasteiger partial charge in [0.05, 0.1) is 6.54 Å². The lowest BCUT2D eigenvalue weighted by Crippen LogP contribution is -2.40. The molecule has 0 aliphatic heterocycles. The molecule has 0 aliphatic rings. The Morgan fingerprint density at radius 3 is 2.74 bits per heavy atom. The molecule has 0 aliphatic carbocycles. The number of carbonyl (C=O) groups is 1. The number of nitrogens with zero attached hydrogens (tertiary/aromatic N) is 1.